The Labute approximate surface area is 155 Å². The molecule has 0 amide bonds. The first-order valence-corrected chi connectivity index (χ1v) is 9.41. The summed E-state index contributed by atoms with van der Waals surface area (Å²) in [6, 6.07) is 20.0. The van der Waals surface area contributed by atoms with Gasteiger partial charge in [-0.15, -0.1) is 0 Å². The van der Waals surface area contributed by atoms with Gasteiger partial charge in [-0.25, -0.2) is 0 Å². The lowest BCUT2D eigenvalue weighted by molar-refractivity contribution is -0.139. The molecule has 4 heteroatoms. The van der Waals surface area contributed by atoms with Crippen LogP contribution in [0.15, 0.2) is 60.7 Å². The van der Waals surface area contributed by atoms with Crippen LogP contribution < -0.4 is 5.32 Å². The number of hydrogen-bond acceptors (Lipinski definition) is 3. The van der Waals surface area contributed by atoms with Crippen molar-refractivity contribution in [1.29, 1.82) is 0 Å². The van der Waals surface area contributed by atoms with Gasteiger partial charge in [0.2, 0.25) is 0 Å². The molecular formula is C22H28N2O2. The molecule has 3 atom stereocenters. The van der Waals surface area contributed by atoms with Gasteiger partial charge in [-0.05, 0) is 43.4 Å². The molecule has 138 valence electrons. The third kappa shape index (κ3) is 5.16. The first-order chi connectivity index (χ1) is 12.6. The number of carboxylic acid groups (broad SMARTS) is 1. The lowest BCUT2D eigenvalue weighted by atomic mass is 9.98. The maximum absolute atomic E-state index is 11.7. The van der Waals surface area contributed by atoms with Crippen LogP contribution in [0.4, 0.5) is 0 Å². The van der Waals surface area contributed by atoms with Gasteiger partial charge in [0.05, 0.1) is 0 Å². The summed E-state index contributed by atoms with van der Waals surface area (Å²) in [5.74, 6) is -0.295. The summed E-state index contributed by atoms with van der Waals surface area (Å²) in [6.45, 7) is 5.18. The fourth-order valence-corrected chi connectivity index (χ4v) is 3.78. The van der Waals surface area contributed by atoms with Gasteiger partial charge in [0.25, 0.3) is 0 Å². The van der Waals surface area contributed by atoms with E-state index in [2.05, 4.69) is 41.4 Å². The molecule has 26 heavy (non-hydrogen) atoms. The van der Waals surface area contributed by atoms with Crippen molar-refractivity contribution in [2.45, 2.75) is 38.4 Å². The normalized spacial score (nSPS) is 20.0. The number of nitrogens with one attached hydrogen (secondary N) is 1. The second kappa shape index (κ2) is 8.97. The maximum Gasteiger partial charge on any atom is 0.321 e. The second-order valence-corrected chi connectivity index (χ2v) is 7.31. The Kier molecular flexibility index (Phi) is 6.42. The van der Waals surface area contributed by atoms with E-state index in [4.69, 9.17) is 0 Å². The van der Waals surface area contributed by atoms with Crippen molar-refractivity contribution in [2.75, 3.05) is 13.1 Å². The lowest BCUT2D eigenvalue weighted by Gasteiger charge is -2.25. The number of aliphatic carboxylic acids is 1. The van der Waals surface area contributed by atoms with Crippen LogP contribution in [0.25, 0.3) is 0 Å². The number of hydrogen-bond donors (Lipinski definition) is 2. The zero-order valence-corrected chi connectivity index (χ0v) is 15.3. The molecule has 2 aromatic carbocycles. The van der Waals surface area contributed by atoms with E-state index in [1.807, 2.05) is 36.4 Å². The fourth-order valence-electron chi connectivity index (χ4n) is 3.78. The Bertz CT molecular complexity index is 690. The van der Waals surface area contributed by atoms with E-state index in [9.17, 15) is 9.90 Å². The Morgan fingerprint density at radius 3 is 2.35 bits per heavy atom. The molecule has 0 saturated carbocycles. The molecule has 0 aliphatic carbocycles. The third-order valence-corrected chi connectivity index (χ3v) is 5.31. The number of carbonyl (C=O) groups is 1. The van der Waals surface area contributed by atoms with Crippen LogP contribution in [-0.4, -0.2) is 41.1 Å². The number of rotatable bonds is 8. The predicted molar refractivity (Wildman–Crippen MR) is 104 cm³/mol. The largest absolute Gasteiger partial charge is 0.480 e. The average molecular weight is 352 g/mol. The van der Waals surface area contributed by atoms with Crippen LogP contribution in [0.2, 0.25) is 0 Å². The van der Waals surface area contributed by atoms with Crippen molar-refractivity contribution in [1.82, 2.24) is 10.2 Å². The van der Waals surface area contributed by atoms with Crippen molar-refractivity contribution in [3.05, 3.63) is 71.8 Å². The monoisotopic (exact) mass is 352 g/mol. The molecule has 0 aromatic heterocycles. The first kappa shape index (κ1) is 18.6. The molecule has 3 rings (SSSR count). The molecule has 1 heterocycles. The van der Waals surface area contributed by atoms with Crippen LogP contribution >= 0.6 is 0 Å². The Hall–Kier alpha value is -2.17. The van der Waals surface area contributed by atoms with E-state index in [-0.39, 0.29) is 6.04 Å². The minimum atomic E-state index is -0.778. The minimum Gasteiger partial charge on any atom is -0.480 e. The van der Waals surface area contributed by atoms with Crippen molar-refractivity contribution in [2.24, 2.45) is 5.92 Å². The summed E-state index contributed by atoms with van der Waals surface area (Å²) in [6.07, 6.45) is 1.62. The van der Waals surface area contributed by atoms with Crippen LogP contribution in [0.5, 0.6) is 0 Å². The molecule has 1 saturated heterocycles. The first-order valence-electron chi connectivity index (χ1n) is 9.41. The van der Waals surface area contributed by atoms with Crippen LogP contribution in [0.1, 0.15) is 24.5 Å². The fraction of sp³-hybridized carbons (Fsp3) is 0.409. The number of likely N-dealkylation sites (tertiary alicyclic amines) is 1. The van der Waals surface area contributed by atoms with Gasteiger partial charge < -0.3 is 10.4 Å². The lowest BCUT2D eigenvalue weighted by Crippen LogP contribution is -2.47. The second-order valence-electron chi connectivity index (χ2n) is 7.31. The highest BCUT2D eigenvalue weighted by molar-refractivity contribution is 5.74. The average Bonchev–Trinajstić information content (AvgIpc) is 3.11. The predicted octanol–water partition coefficient (Wildman–Crippen LogP) is 3.18. The Morgan fingerprint density at radius 1 is 1.12 bits per heavy atom. The van der Waals surface area contributed by atoms with Crippen LogP contribution in [-0.2, 0) is 17.8 Å². The molecule has 2 N–H and O–H groups in total. The highest BCUT2D eigenvalue weighted by Crippen LogP contribution is 2.22. The van der Waals surface area contributed by atoms with Gasteiger partial charge in [-0.3, -0.25) is 9.69 Å². The molecule has 2 aromatic rings. The number of benzene rings is 2. The van der Waals surface area contributed by atoms with Gasteiger partial charge in [-0.1, -0.05) is 60.7 Å². The van der Waals surface area contributed by atoms with Gasteiger partial charge in [-0.2, -0.15) is 0 Å². The molecule has 0 spiro atoms. The minimum absolute atomic E-state index is 0.181. The Morgan fingerprint density at radius 2 is 1.73 bits per heavy atom. The topological polar surface area (TPSA) is 52.6 Å². The van der Waals surface area contributed by atoms with Gasteiger partial charge >= 0.3 is 5.97 Å². The van der Waals surface area contributed by atoms with E-state index in [0.717, 1.165) is 31.6 Å². The summed E-state index contributed by atoms with van der Waals surface area (Å²) in [7, 11) is 0. The van der Waals surface area contributed by atoms with Crippen molar-refractivity contribution in [3.8, 4) is 0 Å². The molecule has 4 nitrogen and oxygen atoms in total. The number of carboxylic acids is 1. The van der Waals surface area contributed by atoms with Crippen LogP contribution in [0, 0.1) is 5.92 Å². The molecule has 1 fully saturated rings. The SMILES string of the molecule is CC(N[C@H](Cc1ccccc1)C(=O)O)C1CCN(Cc2ccccc2)C1. The molecule has 1 aliphatic rings. The highest BCUT2D eigenvalue weighted by Gasteiger charge is 2.30. The zero-order chi connectivity index (χ0) is 18.4. The standard InChI is InChI=1S/C22H28N2O2/c1-17(23-21(22(25)26)14-18-8-4-2-5-9-18)20-12-13-24(16-20)15-19-10-6-3-7-11-19/h2-11,17,20-21,23H,12-16H2,1H3,(H,25,26)/t17?,20?,21-/m1/s1. The van der Waals surface area contributed by atoms with E-state index < -0.39 is 12.0 Å². The van der Waals surface area contributed by atoms with E-state index >= 15 is 0 Å². The third-order valence-electron chi connectivity index (χ3n) is 5.31. The summed E-state index contributed by atoms with van der Waals surface area (Å²) in [5, 5.41) is 13.0. The van der Waals surface area contributed by atoms with Crippen molar-refractivity contribution in [3.63, 3.8) is 0 Å². The summed E-state index contributed by atoms with van der Waals surface area (Å²) >= 11 is 0. The summed E-state index contributed by atoms with van der Waals surface area (Å²) in [5.41, 5.74) is 2.39. The quantitative estimate of drug-likeness (QED) is 0.766. The smallest absolute Gasteiger partial charge is 0.321 e. The summed E-state index contributed by atoms with van der Waals surface area (Å²) < 4.78 is 0. The van der Waals surface area contributed by atoms with E-state index in [0.29, 0.717) is 12.3 Å². The van der Waals surface area contributed by atoms with Crippen LogP contribution in [0.3, 0.4) is 0 Å². The molecule has 0 bridgehead atoms. The highest BCUT2D eigenvalue weighted by atomic mass is 16.4. The van der Waals surface area contributed by atoms with E-state index in [1.54, 1.807) is 0 Å². The van der Waals surface area contributed by atoms with Crippen molar-refractivity contribution >= 4 is 5.97 Å². The summed E-state index contributed by atoms with van der Waals surface area (Å²) in [4.78, 5) is 14.2. The van der Waals surface area contributed by atoms with E-state index in [1.165, 1.54) is 5.56 Å². The Balaban J connectivity index is 1.53. The molecular weight excluding hydrogens is 324 g/mol. The maximum atomic E-state index is 11.7. The molecule has 1 aliphatic heterocycles. The number of nitrogens with zero attached hydrogens (tertiary/aromatic N) is 1. The van der Waals surface area contributed by atoms with Crippen molar-refractivity contribution < 1.29 is 9.90 Å². The van der Waals surface area contributed by atoms with Gasteiger partial charge in [0, 0.05) is 19.1 Å². The molecule has 0 radical (unpaired) electrons. The zero-order valence-electron chi connectivity index (χ0n) is 15.3. The van der Waals surface area contributed by atoms with Gasteiger partial charge in [0.1, 0.15) is 6.04 Å². The molecule has 2 unspecified atom stereocenters. The van der Waals surface area contributed by atoms with Gasteiger partial charge in [0.15, 0.2) is 0 Å².